The third kappa shape index (κ3) is 9.69. The van der Waals surface area contributed by atoms with Gasteiger partial charge in [-0.3, -0.25) is 4.79 Å². The number of hydrogen-bond donors (Lipinski definition) is 3. The van der Waals surface area contributed by atoms with E-state index in [-0.39, 0.29) is 18.1 Å². The Kier molecular flexibility index (Phi) is 6.52. The summed E-state index contributed by atoms with van der Waals surface area (Å²) in [6.45, 7) is 9.23. The van der Waals surface area contributed by atoms with E-state index in [2.05, 4.69) is 10.6 Å². The van der Waals surface area contributed by atoms with Crippen molar-refractivity contribution in [3.8, 4) is 0 Å². The lowest BCUT2D eigenvalue weighted by molar-refractivity contribution is -0.121. The molecule has 90 valence electrons. The normalized spacial score (nSPS) is 13.7. The zero-order valence-corrected chi connectivity index (χ0v) is 10.3. The van der Waals surface area contributed by atoms with E-state index < -0.39 is 0 Å². The van der Waals surface area contributed by atoms with Crippen molar-refractivity contribution in [1.29, 1.82) is 0 Å². The molecule has 4 heteroatoms. The summed E-state index contributed by atoms with van der Waals surface area (Å²) in [5, 5.41) is 14.6. The minimum absolute atomic E-state index is 0.0127. The summed E-state index contributed by atoms with van der Waals surface area (Å²) in [6, 6.07) is 0. The Balaban J connectivity index is 3.55. The quantitative estimate of drug-likeness (QED) is 0.606. The van der Waals surface area contributed by atoms with Gasteiger partial charge in [-0.15, -0.1) is 0 Å². The number of carbonyl (C=O) groups is 1. The van der Waals surface area contributed by atoms with Crippen molar-refractivity contribution < 1.29 is 9.90 Å². The number of hydrogen-bond acceptors (Lipinski definition) is 3. The van der Waals surface area contributed by atoms with Gasteiger partial charge in [0.2, 0.25) is 5.91 Å². The second kappa shape index (κ2) is 6.80. The second-order valence-electron chi connectivity index (χ2n) is 5.05. The number of carbonyl (C=O) groups excluding carboxylic acids is 1. The van der Waals surface area contributed by atoms with Gasteiger partial charge in [-0.2, -0.15) is 0 Å². The SMILES string of the molecule is CC(CCO)CNCC(=O)NC(C)(C)C. The number of aliphatic hydroxyl groups excluding tert-OH is 1. The topological polar surface area (TPSA) is 61.4 Å². The number of rotatable bonds is 6. The average molecular weight is 216 g/mol. The Morgan fingerprint density at radius 1 is 1.40 bits per heavy atom. The molecule has 0 aromatic rings. The van der Waals surface area contributed by atoms with E-state index in [1.807, 2.05) is 27.7 Å². The maximum atomic E-state index is 11.4. The lowest BCUT2D eigenvalue weighted by Crippen LogP contribution is -2.45. The van der Waals surface area contributed by atoms with Crippen LogP contribution < -0.4 is 10.6 Å². The van der Waals surface area contributed by atoms with Crippen molar-refractivity contribution in [3.05, 3.63) is 0 Å². The van der Waals surface area contributed by atoms with Crippen LogP contribution in [0.25, 0.3) is 0 Å². The first-order valence-electron chi connectivity index (χ1n) is 5.47. The molecule has 0 heterocycles. The molecule has 0 bridgehead atoms. The Bertz CT molecular complexity index is 188. The van der Waals surface area contributed by atoms with Gasteiger partial charge in [0.1, 0.15) is 0 Å². The first-order chi connectivity index (χ1) is 6.85. The molecule has 0 fully saturated rings. The second-order valence-corrected chi connectivity index (χ2v) is 5.05. The molecule has 0 aromatic heterocycles. The van der Waals surface area contributed by atoms with Gasteiger partial charge in [0, 0.05) is 12.1 Å². The molecule has 1 unspecified atom stereocenters. The molecule has 1 amide bonds. The van der Waals surface area contributed by atoms with E-state index in [0.29, 0.717) is 12.5 Å². The smallest absolute Gasteiger partial charge is 0.234 e. The van der Waals surface area contributed by atoms with Crippen LogP contribution in [0.3, 0.4) is 0 Å². The molecule has 0 rings (SSSR count). The Labute approximate surface area is 92.4 Å². The lowest BCUT2D eigenvalue weighted by atomic mass is 10.1. The molecular weight excluding hydrogens is 192 g/mol. The number of nitrogens with one attached hydrogen (secondary N) is 2. The molecule has 0 aliphatic carbocycles. The van der Waals surface area contributed by atoms with Crippen molar-refractivity contribution in [1.82, 2.24) is 10.6 Å². The summed E-state index contributed by atoms with van der Waals surface area (Å²) in [6.07, 6.45) is 0.772. The van der Waals surface area contributed by atoms with Crippen molar-refractivity contribution in [2.24, 2.45) is 5.92 Å². The minimum Gasteiger partial charge on any atom is -0.396 e. The van der Waals surface area contributed by atoms with Crippen molar-refractivity contribution >= 4 is 5.91 Å². The Morgan fingerprint density at radius 2 is 2.00 bits per heavy atom. The van der Waals surface area contributed by atoms with Crippen molar-refractivity contribution in [3.63, 3.8) is 0 Å². The van der Waals surface area contributed by atoms with Crippen LogP contribution in [0.2, 0.25) is 0 Å². The first kappa shape index (κ1) is 14.4. The molecule has 15 heavy (non-hydrogen) atoms. The molecule has 0 aromatic carbocycles. The molecule has 0 spiro atoms. The molecule has 3 N–H and O–H groups in total. The monoisotopic (exact) mass is 216 g/mol. The highest BCUT2D eigenvalue weighted by Gasteiger charge is 2.13. The van der Waals surface area contributed by atoms with E-state index in [1.54, 1.807) is 0 Å². The van der Waals surface area contributed by atoms with Gasteiger partial charge in [-0.1, -0.05) is 6.92 Å². The van der Waals surface area contributed by atoms with Gasteiger partial charge in [0.15, 0.2) is 0 Å². The summed E-state index contributed by atoms with van der Waals surface area (Å²) in [4.78, 5) is 11.4. The van der Waals surface area contributed by atoms with Gasteiger partial charge in [0.05, 0.1) is 6.54 Å². The molecule has 1 atom stereocenters. The van der Waals surface area contributed by atoms with Crippen LogP contribution in [0.1, 0.15) is 34.1 Å². The fourth-order valence-electron chi connectivity index (χ4n) is 1.22. The van der Waals surface area contributed by atoms with E-state index in [9.17, 15) is 4.79 Å². The first-order valence-corrected chi connectivity index (χ1v) is 5.47. The fourth-order valence-corrected chi connectivity index (χ4v) is 1.22. The summed E-state index contributed by atoms with van der Waals surface area (Å²) in [5.41, 5.74) is -0.171. The van der Waals surface area contributed by atoms with E-state index in [1.165, 1.54) is 0 Å². The minimum atomic E-state index is -0.171. The Hall–Kier alpha value is -0.610. The van der Waals surface area contributed by atoms with Gasteiger partial charge < -0.3 is 15.7 Å². The predicted molar refractivity (Wildman–Crippen MR) is 61.6 cm³/mol. The summed E-state index contributed by atoms with van der Waals surface area (Å²) < 4.78 is 0. The molecule has 4 nitrogen and oxygen atoms in total. The lowest BCUT2D eigenvalue weighted by Gasteiger charge is -2.21. The third-order valence-corrected chi connectivity index (χ3v) is 1.91. The van der Waals surface area contributed by atoms with Crippen LogP contribution in [0, 0.1) is 5.92 Å². The highest BCUT2D eigenvalue weighted by atomic mass is 16.3. The van der Waals surface area contributed by atoms with Crippen molar-refractivity contribution in [2.45, 2.75) is 39.7 Å². The van der Waals surface area contributed by atoms with E-state index in [0.717, 1.165) is 13.0 Å². The van der Waals surface area contributed by atoms with Gasteiger partial charge in [-0.25, -0.2) is 0 Å². The maximum Gasteiger partial charge on any atom is 0.234 e. The van der Waals surface area contributed by atoms with Crippen LogP contribution >= 0.6 is 0 Å². The van der Waals surface area contributed by atoms with Crippen LogP contribution in [0.15, 0.2) is 0 Å². The third-order valence-electron chi connectivity index (χ3n) is 1.91. The van der Waals surface area contributed by atoms with Gasteiger partial charge in [-0.05, 0) is 39.7 Å². The summed E-state index contributed by atoms with van der Waals surface area (Å²) in [7, 11) is 0. The predicted octanol–water partition coefficient (Wildman–Crippen LogP) is 0.509. The van der Waals surface area contributed by atoms with E-state index >= 15 is 0 Å². The highest BCUT2D eigenvalue weighted by Crippen LogP contribution is 1.99. The highest BCUT2D eigenvalue weighted by molar-refractivity contribution is 5.78. The average Bonchev–Trinajstić information content (AvgIpc) is 2.00. The molecule has 0 aliphatic rings. The van der Waals surface area contributed by atoms with Gasteiger partial charge >= 0.3 is 0 Å². The summed E-state index contributed by atoms with van der Waals surface area (Å²) >= 11 is 0. The molecule has 0 radical (unpaired) electrons. The molecule has 0 aliphatic heterocycles. The zero-order valence-electron chi connectivity index (χ0n) is 10.3. The van der Waals surface area contributed by atoms with E-state index in [4.69, 9.17) is 5.11 Å². The fraction of sp³-hybridized carbons (Fsp3) is 0.909. The van der Waals surface area contributed by atoms with Crippen LogP contribution in [0.4, 0.5) is 0 Å². The Morgan fingerprint density at radius 3 is 2.47 bits per heavy atom. The molecule has 0 saturated heterocycles. The van der Waals surface area contributed by atoms with Crippen LogP contribution in [-0.4, -0.2) is 36.2 Å². The number of aliphatic hydroxyl groups is 1. The molecule has 0 saturated carbocycles. The maximum absolute atomic E-state index is 11.4. The molecular formula is C11H24N2O2. The number of amides is 1. The van der Waals surface area contributed by atoms with Crippen LogP contribution in [0.5, 0.6) is 0 Å². The standard InChI is InChI=1S/C11H24N2O2/c1-9(5-6-14)7-12-8-10(15)13-11(2,3)4/h9,12,14H,5-8H2,1-4H3,(H,13,15). The van der Waals surface area contributed by atoms with Gasteiger partial charge in [0.25, 0.3) is 0 Å². The summed E-state index contributed by atoms with van der Waals surface area (Å²) in [5.74, 6) is 0.413. The van der Waals surface area contributed by atoms with Crippen molar-refractivity contribution in [2.75, 3.05) is 19.7 Å². The zero-order chi connectivity index (χ0) is 11.9. The van der Waals surface area contributed by atoms with Crippen LogP contribution in [-0.2, 0) is 4.79 Å². The largest absolute Gasteiger partial charge is 0.396 e.